The van der Waals surface area contributed by atoms with E-state index in [9.17, 15) is 0 Å². The van der Waals surface area contributed by atoms with Crippen molar-refractivity contribution in [1.82, 2.24) is 5.32 Å². The summed E-state index contributed by atoms with van der Waals surface area (Å²) in [5.41, 5.74) is 4.23. The van der Waals surface area contributed by atoms with E-state index in [4.69, 9.17) is 4.74 Å². The van der Waals surface area contributed by atoms with Crippen molar-refractivity contribution in [2.75, 3.05) is 6.54 Å². The van der Waals surface area contributed by atoms with Crippen LogP contribution in [0.4, 0.5) is 0 Å². The molecule has 0 aromatic heterocycles. The first-order valence-corrected chi connectivity index (χ1v) is 7.65. The maximum absolute atomic E-state index is 6.06. The molecule has 2 aliphatic rings. The van der Waals surface area contributed by atoms with Crippen molar-refractivity contribution in [3.05, 3.63) is 34.9 Å². The van der Waals surface area contributed by atoms with Gasteiger partial charge in [-0.15, -0.1) is 0 Å². The van der Waals surface area contributed by atoms with Gasteiger partial charge >= 0.3 is 0 Å². The molecule has 2 saturated heterocycles. The molecule has 0 amide bonds. The number of aryl methyl sites for hydroxylation is 2. The fourth-order valence-corrected chi connectivity index (χ4v) is 3.83. The normalized spacial score (nSPS) is 30.8. The first kappa shape index (κ1) is 13.1. The molecule has 3 rings (SSSR count). The molecule has 0 radical (unpaired) electrons. The van der Waals surface area contributed by atoms with Crippen molar-refractivity contribution >= 4 is 0 Å². The highest BCUT2D eigenvalue weighted by atomic mass is 16.5. The molecular formula is C17H25NO. The van der Waals surface area contributed by atoms with E-state index in [0.29, 0.717) is 24.2 Å². The van der Waals surface area contributed by atoms with E-state index in [-0.39, 0.29) is 0 Å². The fraction of sp³-hybridized carbons (Fsp3) is 0.647. The van der Waals surface area contributed by atoms with Crippen LogP contribution in [-0.4, -0.2) is 18.8 Å². The number of hydrogen-bond donors (Lipinski definition) is 1. The van der Waals surface area contributed by atoms with Crippen LogP contribution in [0.1, 0.15) is 48.9 Å². The minimum absolute atomic E-state index is 0.459. The van der Waals surface area contributed by atoms with Gasteiger partial charge < -0.3 is 10.1 Å². The van der Waals surface area contributed by atoms with Gasteiger partial charge in [0.05, 0.1) is 12.2 Å². The fourth-order valence-electron chi connectivity index (χ4n) is 3.83. The summed E-state index contributed by atoms with van der Waals surface area (Å²) in [6.07, 6.45) is 4.76. The third-order valence-corrected chi connectivity index (χ3v) is 4.77. The Morgan fingerprint density at radius 1 is 1.32 bits per heavy atom. The molecule has 4 unspecified atom stereocenters. The third kappa shape index (κ3) is 2.44. The molecule has 2 heterocycles. The van der Waals surface area contributed by atoms with Crippen LogP contribution in [0.25, 0.3) is 0 Å². The predicted molar refractivity (Wildman–Crippen MR) is 78.3 cm³/mol. The minimum atomic E-state index is 0.459. The minimum Gasteiger partial charge on any atom is -0.375 e. The quantitative estimate of drug-likeness (QED) is 0.893. The van der Waals surface area contributed by atoms with E-state index in [0.717, 1.165) is 6.54 Å². The average Bonchev–Trinajstić information content (AvgIpc) is 3.01. The lowest BCUT2D eigenvalue weighted by atomic mass is 9.79. The lowest BCUT2D eigenvalue weighted by Gasteiger charge is -2.30. The predicted octanol–water partition coefficient (Wildman–Crippen LogP) is 3.52. The van der Waals surface area contributed by atoms with Gasteiger partial charge in [-0.3, -0.25) is 0 Å². The van der Waals surface area contributed by atoms with E-state index < -0.39 is 0 Å². The second kappa shape index (κ2) is 5.26. The molecule has 1 N–H and O–H groups in total. The standard InChI is InChI=1S/C17H25NO/c1-4-18-17(14-9-11(2)5-6-12(14)3)15-10-13-7-8-16(15)19-13/h5-6,9,13,15-18H,4,7-8,10H2,1-3H3. The van der Waals surface area contributed by atoms with Gasteiger partial charge in [0, 0.05) is 12.0 Å². The molecule has 2 bridgehead atoms. The second-order valence-corrected chi connectivity index (χ2v) is 6.17. The van der Waals surface area contributed by atoms with Crippen LogP contribution in [0, 0.1) is 19.8 Å². The molecule has 2 aliphatic heterocycles. The Bertz CT molecular complexity index is 457. The lowest BCUT2D eigenvalue weighted by Crippen LogP contribution is -2.34. The Balaban J connectivity index is 1.90. The third-order valence-electron chi connectivity index (χ3n) is 4.77. The zero-order valence-electron chi connectivity index (χ0n) is 12.3. The molecule has 4 atom stereocenters. The van der Waals surface area contributed by atoms with Gasteiger partial charge in [-0.05, 0) is 50.8 Å². The molecule has 0 aliphatic carbocycles. The van der Waals surface area contributed by atoms with Gasteiger partial charge in [0.2, 0.25) is 0 Å². The Hall–Kier alpha value is -0.860. The van der Waals surface area contributed by atoms with E-state index >= 15 is 0 Å². The number of ether oxygens (including phenoxy) is 1. The summed E-state index contributed by atoms with van der Waals surface area (Å²) in [5.74, 6) is 0.652. The molecule has 2 heteroatoms. The first-order valence-electron chi connectivity index (χ1n) is 7.65. The highest BCUT2D eigenvalue weighted by molar-refractivity contribution is 5.34. The molecular weight excluding hydrogens is 234 g/mol. The van der Waals surface area contributed by atoms with Crippen LogP contribution in [0.15, 0.2) is 18.2 Å². The van der Waals surface area contributed by atoms with Crippen LogP contribution < -0.4 is 5.32 Å². The smallest absolute Gasteiger partial charge is 0.0627 e. The Kier molecular flexibility index (Phi) is 3.64. The molecule has 1 aromatic rings. The highest BCUT2D eigenvalue weighted by Crippen LogP contribution is 2.45. The maximum Gasteiger partial charge on any atom is 0.0627 e. The van der Waals surface area contributed by atoms with Gasteiger partial charge in [0.1, 0.15) is 0 Å². The summed E-state index contributed by atoms with van der Waals surface area (Å²) in [5, 5.41) is 3.71. The van der Waals surface area contributed by atoms with Crippen LogP contribution in [0.2, 0.25) is 0 Å². The number of hydrogen-bond acceptors (Lipinski definition) is 2. The Morgan fingerprint density at radius 3 is 2.79 bits per heavy atom. The van der Waals surface area contributed by atoms with Gasteiger partial charge in [-0.25, -0.2) is 0 Å². The lowest BCUT2D eigenvalue weighted by molar-refractivity contribution is 0.0857. The van der Waals surface area contributed by atoms with Crippen LogP contribution in [-0.2, 0) is 4.74 Å². The summed E-state index contributed by atoms with van der Waals surface area (Å²) in [6.45, 7) is 7.63. The van der Waals surface area contributed by atoms with Crippen LogP contribution >= 0.6 is 0 Å². The molecule has 0 saturated carbocycles. The maximum atomic E-state index is 6.06. The molecule has 0 spiro atoms. The van der Waals surface area contributed by atoms with Crippen molar-refractivity contribution in [3.63, 3.8) is 0 Å². The van der Waals surface area contributed by atoms with Crippen molar-refractivity contribution in [2.24, 2.45) is 5.92 Å². The van der Waals surface area contributed by atoms with E-state index in [2.05, 4.69) is 44.3 Å². The van der Waals surface area contributed by atoms with E-state index in [1.54, 1.807) is 0 Å². The first-order chi connectivity index (χ1) is 9.19. The largest absolute Gasteiger partial charge is 0.375 e. The van der Waals surface area contributed by atoms with Crippen molar-refractivity contribution in [2.45, 2.75) is 58.3 Å². The average molecular weight is 259 g/mol. The summed E-state index contributed by atoms with van der Waals surface area (Å²) in [7, 11) is 0. The summed E-state index contributed by atoms with van der Waals surface area (Å²) >= 11 is 0. The van der Waals surface area contributed by atoms with Crippen LogP contribution in [0.3, 0.4) is 0 Å². The summed E-state index contributed by atoms with van der Waals surface area (Å²) in [4.78, 5) is 0. The monoisotopic (exact) mass is 259 g/mol. The number of nitrogens with one attached hydrogen (secondary N) is 1. The molecule has 2 nitrogen and oxygen atoms in total. The second-order valence-electron chi connectivity index (χ2n) is 6.17. The van der Waals surface area contributed by atoms with Crippen LogP contribution in [0.5, 0.6) is 0 Å². The van der Waals surface area contributed by atoms with Gasteiger partial charge in [-0.2, -0.15) is 0 Å². The Morgan fingerprint density at radius 2 is 2.16 bits per heavy atom. The number of rotatable bonds is 4. The zero-order valence-corrected chi connectivity index (χ0v) is 12.3. The Labute approximate surface area is 116 Å². The van der Waals surface area contributed by atoms with Crippen molar-refractivity contribution in [1.29, 1.82) is 0 Å². The van der Waals surface area contributed by atoms with Crippen molar-refractivity contribution < 1.29 is 4.74 Å². The van der Waals surface area contributed by atoms with Gasteiger partial charge in [0.15, 0.2) is 0 Å². The number of benzene rings is 1. The number of fused-ring (bicyclic) bond motifs is 2. The highest BCUT2D eigenvalue weighted by Gasteiger charge is 2.44. The van der Waals surface area contributed by atoms with Gasteiger partial charge in [-0.1, -0.05) is 30.7 Å². The molecule has 19 heavy (non-hydrogen) atoms. The zero-order chi connectivity index (χ0) is 13.4. The topological polar surface area (TPSA) is 21.3 Å². The summed E-state index contributed by atoms with van der Waals surface area (Å²) in [6, 6.07) is 7.27. The van der Waals surface area contributed by atoms with Gasteiger partial charge in [0.25, 0.3) is 0 Å². The summed E-state index contributed by atoms with van der Waals surface area (Å²) < 4.78 is 6.06. The van der Waals surface area contributed by atoms with Crippen molar-refractivity contribution in [3.8, 4) is 0 Å². The van der Waals surface area contributed by atoms with E-state index in [1.165, 1.54) is 36.0 Å². The molecule has 1 aromatic carbocycles. The molecule has 2 fully saturated rings. The SMILES string of the molecule is CCNC(c1cc(C)ccc1C)C1CC2CCC1O2. The molecule has 104 valence electrons. The van der Waals surface area contributed by atoms with E-state index in [1.807, 2.05) is 0 Å².